The fourth-order valence-corrected chi connectivity index (χ4v) is 3.21. The average molecular weight is 321 g/mol. The molecular weight excluding hydrogens is 306 g/mol. The second-order valence-electron chi connectivity index (χ2n) is 4.82. The molecule has 1 aliphatic heterocycles. The average Bonchev–Trinajstić information content (AvgIpc) is 2.67. The van der Waals surface area contributed by atoms with Crippen LogP contribution >= 0.6 is 24.0 Å². The number of carbonyl (C=O) groups excluding carboxylic acids is 1. The zero-order chi connectivity index (χ0) is 15.6. The highest BCUT2D eigenvalue weighted by Crippen LogP contribution is 2.32. The van der Waals surface area contributed by atoms with Crippen molar-refractivity contribution in [1.29, 1.82) is 0 Å². The Bertz CT molecular complexity index is 652. The fourth-order valence-electron chi connectivity index (χ4n) is 1.91. The van der Waals surface area contributed by atoms with Crippen molar-refractivity contribution in [3.63, 3.8) is 0 Å². The summed E-state index contributed by atoms with van der Waals surface area (Å²) < 4.78 is 0.413. The highest BCUT2D eigenvalue weighted by Gasteiger charge is 2.31. The summed E-state index contributed by atoms with van der Waals surface area (Å²) in [6.07, 6.45) is 1.69. The number of carbonyl (C=O) groups is 2. The molecular formula is C15H15NO3S2. The number of carboxylic acids is 1. The van der Waals surface area contributed by atoms with E-state index in [-0.39, 0.29) is 18.9 Å². The van der Waals surface area contributed by atoms with Gasteiger partial charge < -0.3 is 5.11 Å². The van der Waals surface area contributed by atoms with E-state index in [0.29, 0.717) is 9.23 Å². The lowest BCUT2D eigenvalue weighted by molar-refractivity contribution is -0.137. The summed E-state index contributed by atoms with van der Waals surface area (Å²) in [6, 6.07) is 5.97. The van der Waals surface area contributed by atoms with Gasteiger partial charge in [0, 0.05) is 6.54 Å². The summed E-state index contributed by atoms with van der Waals surface area (Å²) in [5, 5.41) is 8.70. The maximum atomic E-state index is 12.2. The summed E-state index contributed by atoms with van der Waals surface area (Å²) in [5.74, 6) is -1.16. The number of benzene rings is 1. The van der Waals surface area contributed by atoms with Crippen LogP contribution in [-0.2, 0) is 9.59 Å². The van der Waals surface area contributed by atoms with Gasteiger partial charge in [-0.25, -0.2) is 0 Å². The Morgan fingerprint density at radius 2 is 2.10 bits per heavy atom. The number of thiocarbonyl (C=S) groups is 1. The topological polar surface area (TPSA) is 57.6 Å². The summed E-state index contributed by atoms with van der Waals surface area (Å²) in [7, 11) is 0. The van der Waals surface area contributed by atoms with Crippen molar-refractivity contribution < 1.29 is 14.7 Å². The first-order chi connectivity index (χ1) is 9.88. The van der Waals surface area contributed by atoms with E-state index in [1.807, 2.05) is 32.0 Å². The molecule has 0 bridgehead atoms. The first-order valence-corrected chi connectivity index (χ1v) is 7.65. The normalized spacial score (nSPS) is 16.9. The van der Waals surface area contributed by atoms with E-state index < -0.39 is 5.97 Å². The van der Waals surface area contributed by atoms with Crippen LogP contribution in [0.25, 0.3) is 6.08 Å². The molecule has 1 heterocycles. The Balaban J connectivity index is 2.19. The molecule has 0 aliphatic carbocycles. The third-order valence-corrected chi connectivity index (χ3v) is 4.63. The van der Waals surface area contributed by atoms with Gasteiger partial charge in [-0.2, -0.15) is 0 Å². The number of rotatable bonds is 4. The third-order valence-electron chi connectivity index (χ3n) is 3.25. The molecule has 1 saturated heterocycles. The number of hydrogen-bond donors (Lipinski definition) is 1. The van der Waals surface area contributed by atoms with Crippen LogP contribution in [0, 0.1) is 13.8 Å². The Hall–Kier alpha value is -1.66. The lowest BCUT2D eigenvalue weighted by Gasteiger charge is -2.12. The quantitative estimate of drug-likeness (QED) is 0.682. The highest BCUT2D eigenvalue weighted by atomic mass is 32.2. The summed E-state index contributed by atoms with van der Waals surface area (Å²) in [4.78, 5) is 24.7. The predicted molar refractivity (Wildman–Crippen MR) is 88.0 cm³/mol. The smallest absolute Gasteiger partial charge is 0.305 e. The molecule has 0 aromatic heterocycles. The van der Waals surface area contributed by atoms with Crippen LogP contribution in [0.1, 0.15) is 23.1 Å². The van der Waals surface area contributed by atoms with Crippen molar-refractivity contribution in [1.82, 2.24) is 4.90 Å². The van der Waals surface area contributed by atoms with Crippen LogP contribution in [0.5, 0.6) is 0 Å². The van der Waals surface area contributed by atoms with Gasteiger partial charge in [0.25, 0.3) is 5.91 Å². The van der Waals surface area contributed by atoms with E-state index in [1.54, 1.807) is 6.08 Å². The molecule has 1 aliphatic rings. The van der Waals surface area contributed by atoms with Gasteiger partial charge in [-0.05, 0) is 36.6 Å². The summed E-state index contributed by atoms with van der Waals surface area (Å²) in [5.41, 5.74) is 3.29. The molecule has 4 nitrogen and oxygen atoms in total. The molecule has 6 heteroatoms. The fraction of sp³-hybridized carbons (Fsp3) is 0.267. The van der Waals surface area contributed by atoms with E-state index in [9.17, 15) is 9.59 Å². The molecule has 1 fully saturated rings. The van der Waals surface area contributed by atoms with Crippen molar-refractivity contribution >= 4 is 46.3 Å². The summed E-state index contributed by atoms with van der Waals surface area (Å²) >= 11 is 6.36. The molecule has 1 N–H and O–H groups in total. The molecule has 0 unspecified atom stereocenters. The molecule has 21 heavy (non-hydrogen) atoms. The largest absolute Gasteiger partial charge is 0.481 e. The van der Waals surface area contributed by atoms with Gasteiger partial charge in [-0.3, -0.25) is 14.5 Å². The maximum absolute atomic E-state index is 12.2. The Labute approximate surface area is 132 Å². The van der Waals surface area contributed by atoms with Crippen LogP contribution in [0.15, 0.2) is 23.1 Å². The first kappa shape index (κ1) is 15.7. The van der Waals surface area contributed by atoms with Crippen molar-refractivity contribution in [3.05, 3.63) is 39.8 Å². The Kier molecular flexibility index (Phi) is 4.80. The van der Waals surface area contributed by atoms with E-state index >= 15 is 0 Å². The lowest BCUT2D eigenvalue weighted by Crippen LogP contribution is -2.30. The second kappa shape index (κ2) is 6.41. The number of amides is 1. The second-order valence-corrected chi connectivity index (χ2v) is 6.50. The molecule has 1 aromatic carbocycles. The summed E-state index contributed by atoms with van der Waals surface area (Å²) in [6.45, 7) is 4.17. The minimum absolute atomic E-state index is 0.108. The molecule has 0 saturated carbocycles. The van der Waals surface area contributed by atoms with Gasteiger partial charge in [0.2, 0.25) is 0 Å². The monoisotopic (exact) mass is 321 g/mol. The maximum Gasteiger partial charge on any atom is 0.305 e. The minimum atomic E-state index is -0.942. The van der Waals surface area contributed by atoms with Crippen LogP contribution in [0.4, 0.5) is 0 Å². The Morgan fingerprint density at radius 1 is 1.38 bits per heavy atom. The third kappa shape index (κ3) is 3.71. The van der Waals surface area contributed by atoms with Gasteiger partial charge in [-0.15, -0.1) is 0 Å². The number of nitrogens with zero attached hydrogens (tertiary/aromatic N) is 1. The molecule has 0 radical (unpaired) electrons. The molecule has 1 aromatic rings. The number of thioether (sulfide) groups is 1. The van der Waals surface area contributed by atoms with Gasteiger partial charge in [0.05, 0.1) is 11.3 Å². The van der Waals surface area contributed by atoms with E-state index in [4.69, 9.17) is 17.3 Å². The number of carboxylic acid groups (broad SMARTS) is 1. The lowest BCUT2D eigenvalue weighted by atomic mass is 10.1. The van der Waals surface area contributed by atoms with Gasteiger partial charge in [0.1, 0.15) is 4.32 Å². The van der Waals surface area contributed by atoms with Crippen LogP contribution < -0.4 is 0 Å². The van der Waals surface area contributed by atoms with E-state index in [0.717, 1.165) is 11.1 Å². The number of aliphatic carboxylic acids is 1. The molecule has 1 amide bonds. The van der Waals surface area contributed by atoms with Crippen LogP contribution in [0.2, 0.25) is 0 Å². The van der Waals surface area contributed by atoms with Crippen molar-refractivity contribution in [2.75, 3.05) is 6.54 Å². The molecule has 110 valence electrons. The number of hydrogen-bond acceptors (Lipinski definition) is 4. The highest BCUT2D eigenvalue weighted by molar-refractivity contribution is 8.26. The molecule has 0 atom stereocenters. The van der Waals surface area contributed by atoms with E-state index in [2.05, 4.69) is 0 Å². The van der Waals surface area contributed by atoms with Gasteiger partial charge in [0.15, 0.2) is 0 Å². The zero-order valence-electron chi connectivity index (χ0n) is 11.8. The van der Waals surface area contributed by atoms with Crippen molar-refractivity contribution in [3.8, 4) is 0 Å². The standard InChI is InChI=1S/C15H15NO3S2/c1-9-3-4-11(7-10(9)2)8-12-14(19)16(15(20)21-12)6-5-13(17)18/h3-4,7-8H,5-6H2,1-2H3,(H,17,18)/b12-8-. The molecule has 0 spiro atoms. The van der Waals surface area contributed by atoms with Gasteiger partial charge in [-0.1, -0.05) is 42.2 Å². The predicted octanol–water partition coefficient (Wildman–Crippen LogP) is 2.98. The molecule has 2 rings (SSSR count). The SMILES string of the molecule is Cc1ccc(/C=C2\SC(=S)N(CCC(=O)O)C2=O)cc1C. The van der Waals surface area contributed by atoms with E-state index in [1.165, 1.54) is 22.2 Å². The minimum Gasteiger partial charge on any atom is -0.481 e. The zero-order valence-corrected chi connectivity index (χ0v) is 13.4. The van der Waals surface area contributed by atoms with Crippen molar-refractivity contribution in [2.45, 2.75) is 20.3 Å². The van der Waals surface area contributed by atoms with Crippen LogP contribution in [0.3, 0.4) is 0 Å². The van der Waals surface area contributed by atoms with Crippen molar-refractivity contribution in [2.24, 2.45) is 0 Å². The van der Waals surface area contributed by atoms with Crippen LogP contribution in [-0.4, -0.2) is 32.7 Å². The Morgan fingerprint density at radius 3 is 2.71 bits per heavy atom. The van der Waals surface area contributed by atoms with Gasteiger partial charge >= 0.3 is 5.97 Å². The first-order valence-electron chi connectivity index (χ1n) is 6.43. The number of aryl methyl sites for hydroxylation is 2.